The van der Waals surface area contributed by atoms with Gasteiger partial charge in [0.25, 0.3) is 0 Å². The number of hydrogen-bond donors (Lipinski definition) is 2. The maximum Gasteiger partial charge on any atom is 0.0307 e. The Balaban J connectivity index is 0.00000169. The van der Waals surface area contributed by atoms with Crippen molar-refractivity contribution in [1.82, 2.24) is 0 Å². The highest BCUT2D eigenvalue weighted by Crippen LogP contribution is 2.16. The summed E-state index contributed by atoms with van der Waals surface area (Å²) in [5.74, 6) is 0. The van der Waals surface area contributed by atoms with E-state index in [1.807, 2.05) is 0 Å². The minimum atomic E-state index is 0. The Morgan fingerprint density at radius 3 is 2.36 bits per heavy atom. The summed E-state index contributed by atoms with van der Waals surface area (Å²) in [5.41, 5.74) is 15.2. The Morgan fingerprint density at radius 1 is 1.21 bits per heavy atom. The number of benzene rings is 1. The normalized spacial score (nSPS) is 12.0. The second-order valence-corrected chi connectivity index (χ2v) is 3.53. The molecule has 1 rings (SSSR count). The van der Waals surface area contributed by atoms with Gasteiger partial charge in [0.1, 0.15) is 0 Å². The van der Waals surface area contributed by atoms with Crippen LogP contribution >= 0.6 is 12.4 Å². The molecule has 4 N–H and O–H groups in total. The van der Waals surface area contributed by atoms with Crippen LogP contribution in [0.25, 0.3) is 0 Å². The number of aryl methyl sites for hydroxylation is 2. The minimum absolute atomic E-state index is 0. The van der Waals surface area contributed by atoms with Crippen LogP contribution in [-0.4, -0.2) is 6.54 Å². The molecule has 0 aliphatic rings. The maximum atomic E-state index is 5.94. The zero-order chi connectivity index (χ0) is 9.84. The number of halogens is 1. The van der Waals surface area contributed by atoms with E-state index in [-0.39, 0.29) is 18.4 Å². The average Bonchev–Trinajstić information content (AvgIpc) is 2.10. The second-order valence-electron chi connectivity index (χ2n) is 3.53. The standard InChI is InChI=1S/C11H18N2.ClH/c1-8-3-4-10(7-9(8)2)11(13)5-6-12;/h3-4,7,11H,5-6,12-13H2,1-2H3;1H/t11-;/m0./s1. The van der Waals surface area contributed by atoms with Crippen molar-refractivity contribution in [3.05, 3.63) is 34.9 Å². The Kier molecular flexibility index (Phi) is 5.77. The summed E-state index contributed by atoms with van der Waals surface area (Å²) in [6.07, 6.45) is 0.850. The van der Waals surface area contributed by atoms with E-state index >= 15 is 0 Å². The maximum absolute atomic E-state index is 5.94. The zero-order valence-electron chi connectivity index (χ0n) is 8.79. The Bertz CT molecular complexity index is 287. The van der Waals surface area contributed by atoms with Crippen LogP contribution in [0.4, 0.5) is 0 Å². The molecule has 1 aromatic rings. The van der Waals surface area contributed by atoms with Crippen LogP contribution < -0.4 is 11.5 Å². The van der Waals surface area contributed by atoms with E-state index in [4.69, 9.17) is 11.5 Å². The molecule has 0 unspecified atom stereocenters. The third kappa shape index (κ3) is 3.29. The molecule has 3 heteroatoms. The van der Waals surface area contributed by atoms with E-state index in [0.29, 0.717) is 6.54 Å². The number of nitrogens with two attached hydrogens (primary N) is 2. The van der Waals surface area contributed by atoms with Gasteiger partial charge < -0.3 is 11.5 Å². The molecule has 2 nitrogen and oxygen atoms in total. The van der Waals surface area contributed by atoms with Gasteiger partial charge in [-0.05, 0) is 43.5 Å². The lowest BCUT2D eigenvalue weighted by atomic mass is 10.00. The molecule has 0 bridgehead atoms. The van der Waals surface area contributed by atoms with E-state index in [1.165, 1.54) is 16.7 Å². The summed E-state index contributed by atoms with van der Waals surface area (Å²) in [7, 11) is 0. The Morgan fingerprint density at radius 2 is 1.86 bits per heavy atom. The van der Waals surface area contributed by atoms with Gasteiger partial charge in [-0.15, -0.1) is 12.4 Å². The molecule has 0 amide bonds. The molecular formula is C11H19ClN2. The summed E-state index contributed by atoms with van der Waals surface area (Å²) < 4.78 is 0. The molecule has 0 heterocycles. The van der Waals surface area contributed by atoms with Crippen LogP contribution in [0.2, 0.25) is 0 Å². The lowest BCUT2D eigenvalue weighted by Crippen LogP contribution is -2.15. The Labute approximate surface area is 92.1 Å². The van der Waals surface area contributed by atoms with Gasteiger partial charge in [-0.3, -0.25) is 0 Å². The number of rotatable bonds is 3. The monoisotopic (exact) mass is 214 g/mol. The van der Waals surface area contributed by atoms with Crippen LogP contribution in [0, 0.1) is 13.8 Å². The van der Waals surface area contributed by atoms with Crippen LogP contribution in [0.5, 0.6) is 0 Å². The van der Waals surface area contributed by atoms with Crippen molar-refractivity contribution in [1.29, 1.82) is 0 Å². The molecule has 0 saturated heterocycles. The molecule has 0 aliphatic heterocycles. The Hall–Kier alpha value is -0.570. The average molecular weight is 215 g/mol. The first-order chi connectivity index (χ1) is 6.15. The lowest BCUT2D eigenvalue weighted by molar-refractivity contribution is 0.661. The third-order valence-electron chi connectivity index (χ3n) is 2.44. The SMILES string of the molecule is Cc1ccc([C@@H](N)CCN)cc1C.Cl. The van der Waals surface area contributed by atoms with E-state index in [2.05, 4.69) is 32.0 Å². The zero-order valence-corrected chi connectivity index (χ0v) is 9.60. The van der Waals surface area contributed by atoms with Gasteiger partial charge in [-0.25, -0.2) is 0 Å². The van der Waals surface area contributed by atoms with Crippen molar-refractivity contribution >= 4 is 12.4 Å². The van der Waals surface area contributed by atoms with Crippen LogP contribution in [0.1, 0.15) is 29.2 Å². The largest absolute Gasteiger partial charge is 0.330 e. The fourth-order valence-electron chi connectivity index (χ4n) is 1.34. The third-order valence-corrected chi connectivity index (χ3v) is 2.44. The van der Waals surface area contributed by atoms with E-state index in [9.17, 15) is 0 Å². The van der Waals surface area contributed by atoms with Gasteiger partial charge in [-0.2, -0.15) is 0 Å². The fourth-order valence-corrected chi connectivity index (χ4v) is 1.34. The van der Waals surface area contributed by atoms with Crippen molar-refractivity contribution < 1.29 is 0 Å². The topological polar surface area (TPSA) is 52.0 Å². The molecule has 0 spiro atoms. The quantitative estimate of drug-likeness (QED) is 0.810. The highest BCUT2D eigenvalue weighted by Gasteiger charge is 2.04. The highest BCUT2D eigenvalue weighted by atomic mass is 35.5. The van der Waals surface area contributed by atoms with Gasteiger partial charge in [0.2, 0.25) is 0 Å². The fraction of sp³-hybridized carbons (Fsp3) is 0.455. The molecule has 0 aromatic heterocycles. The first kappa shape index (κ1) is 13.4. The molecule has 14 heavy (non-hydrogen) atoms. The van der Waals surface area contributed by atoms with Crippen molar-refractivity contribution in [3.8, 4) is 0 Å². The molecule has 1 aromatic carbocycles. The molecule has 80 valence electrons. The lowest BCUT2D eigenvalue weighted by Gasteiger charge is -2.12. The van der Waals surface area contributed by atoms with Gasteiger partial charge in [0.15, 0.2) is 0 Å². The van der Waals surface area contributed by atoms with Crippen molar-refractivity contribution in [2.75, 3.05) is 6.54 Å². The van der Waals surface area contributed by atoms with Crippen LogP contribution in [-0.2, 0) is 0 Å². The van der Waals surface area contributed by atoms with Gasteiger partial charge >= 0.3 is 0 Å². The summed E-state index contributed by atoms with van der Waals surface area (Å²) in [5, 5.41) is 0. The number of hydrogen-bond acceptors (Lipinski definition) is 2. The smallest absolute Gasteiger partial charge is 0.0307 e. The van der Waals surface area contributed by atoms with Crippen LogP contribution in [0.3, 0.4) is 0 Å². The summed E-state index contributed by atoms with van der Waals surface area (Å²) in [4.78, 5) is 0. The molecule has 0 radical (unpaired) electrons. The summed E-state index contributed by atoms with van der Waals surface area (Å²) in [6.45, 7) is 4.86. The molecule has 1 atom stereocenters. The predicted molar refractivity (Wildman–Crippen MR) is 63.8 cm³/mol. The second kappa shape index (κ2) is 6.02. The van der Waals surface area contributed by atoms with Crippen LogP contribution in [0.15, 0.2) is 18.2 Å². The van der Waals surface area contributed by atoms with Crippen molar-refractivity contribution in [2.45, 2.75) is 26.3 Å². The molecular weight excluding hydrogens is 196 g/mol. The predicted octanol–water partition coefficient (Wildman–Crippen LogP) is 2.07. The van der Waals surface area contributed by atoms with Gasteiger partial charge in [-0.1, -0.05) is 18.2 Å². The van der Waals surface area contributed by atoms with Crippen molar-refractivity contribution in [2.24, 2.45) is 11.5 Å². The summed E-state index contributed by atoms with van der Waals surface area (Å²) >= 11 is 0. The van der Waals surface area contributed by atoms with E-state index < -0.39 is 0 Å². The minimum Gasteiger partial charge on any atom is -0.330 e. The van der Waals surface area contributed by atoms with Crippen molar-refractivity contribution in [3.63, 3.8) is 0 Å². The molecule has 0 aliphatic carbocycles. The molecule has 0 saturated carbocycles. The molecule has 0 fully saturated rings. The van der Waals surface area contributed by atoms with E-state index in [1.54, 1.807) is 0 Å². The van der Waals surface area contributed by atoms with Gasteiger partial charge in [0, 0.05) is 6.04 Å². The first-order valence-electron chi connectivity index (χ1n) is 4.68. The highest BCUT2D eigenvalue weighted by molar-refractivity contribution is 5.85. The van der Waals surface area contributed by atoms with Gasteiger partial charge in [0.05, 0.1) is 0 Å². The van der Waals surface area contributed by atoms with E-state index in [0.717, 1.165) is 6.42 Å². The first-order valence-corrected chi connectivity index (χ1v) is 4.68. The summed E-state index contributed by atoms with van der Waals surface area (Å²) in [6, 6.07) is 6.43.